The molecule has 9 heteroatoms. The van der Waals surface area contributed by atoms with Crippen LogP contribution in [0.4, 0.5) is 5.69 Å². The first-order chi connectivity index (χ1) is 15.0. The van der Waals surface area contributed by atoms with Gasteiger partial charge in [0.05, 0.1) is 19.1 Å². The van der Waals surface area contributed by atoms with E-state index in [0.717, 1.165) is 18.5 Å². The van der Waals surface area contributed by atoms with Crippen molar-refractivity contribution in [2.45, 2.75) is 17.7 Å². The minimum atomic E-state index is -3.42. The summed E-state index contributed by atoms with van der Waals surface area (Å²) < 4.78 is 37.7. The van der Waals surface area contributed by atoms with E-state index in [1.807, 2.05) is 24.3 Å². The highest BCUT2D eigenvalue weighted by molar-refractivity contribution is 7.89. The number of piperidine rings is 1. The van der Waals surface area contributed by atoms with Gasteiger partial charge in [0.2, 0.25) is 10.0 Å². The van der Waals surface area contributed by atoms with Crippen LogP contribution in [0.1, 0.15) is 12.8 Å². The molecule has 1 fully saturated rings. The van der Waals surface area contributed by atoms with E-state index in [2.05, 4.69) is 15.6 Å². The standard InChI is InChI=1S/C22H30N4O4S/c1-23-22(25-18-9-10-20(29-2)21(15-18)30-3)24-16-17-11-13-26(14-12-17)31(27,28)19-7-5-4-6-8-19/h4-10,15,17H,11-14,16H2,1-3H3,(H2,23,24,25). The lowest BCUT2D eigenvalue weighted by Crippen LogP contribution is -2.42. The molecule has 2 N–H and O–H groups in total. The fourth-order valence-corrected chi connectivity index (χ4v) is 5.06. The van der Waals surface area contributed by atoms with Gasteiger partial charge in [-0.2, -0.15) is 4.31 Å². The smallest absolute Gasteiger partial charge is 0.243 e. The topological polar surface area (TPSA) is 92.3 Å². The summed E-state index contributed by atoms with van der Waals surface area (Å²) in [4.78, 5) is 4.63. The third kappa shape index (κ3) is 5.68. The number of nitrogens with one attached hydrogen (secondary N) is 2. The minimum absolute atomic E-state index is 0.353. The van der Waals surface area contributed by atoms with Gasteiger partial charge in [-0.3, -0.25) is 4.99 Å². The third-order valence-electron chi connectivity index (χ3n) is 5.38. The van der Waals surface area contributed by atoms with E-state index in [0.29, 0.717) is 47.9 Å². The zero-order chi connectivity index (χ0) is 22.3. The van der Waals surface area contributed by atoms with Gasteiger partial charge in [-0.05, 0) is 43.0 Å². The van der Waals surface area contributed by atoms with Crippen LogP contribution in [0.2, 0.25) is 0 Å². The lowest BCUT2D eigenvalue weighted by molar-refractivity contribution is 0.274. The van der Waals surface area contributed by atoms with Crippen molar-refractivity contribution < 1.29 is 17.9 Å². The fourth-order valence-electron chi connectivity index (χ4n) is 3.57. The van der Waals surface area contributed by atoms with Crippen LogP contribution in [0.25, 0.3) is 0 Å². The van der Waals surface area contributed by atoms with E-state index >= 15 is 0 Å². The van der Waals surface area contributed by atoms with Gasteiger partial charge in [0.25, 0.3) is 0 Å². The molecule has 0 bridgehead atoms. The van der Waals surface area contributed by atoms with Crippen molar-refractivity contribution in [3.05, 3.63) is 48.5 Å². The summed E-state index contributed by atoms with van der Waals surface area (Å²) in [6.07, 6.45) is 1.60. The quantitative estimate of drug-likeness (QED) is 0.502. The maximum Gasteiger partial charge on any atom is 0.243 e. The Kier molecular flexibility index (Phi) is 7.75. The van der Waals surface area contributed by atoms with Crippen LogP contribution in [-0.4, -0.2) is 59.6 Å². The van der Waals surface area contributed by atoms with Crippen LogP contribution >= 0.6 is 0 Å². The number of ether oxygens (including phenoxy) is 2. The van der Waals surface area contributed by atoms with Crippen molar-refractivity contribution in [3.63, 3.8) is 0 Å². The summed E-state index contributed by atoms with van der Waals surface area (Å²) in [6.45, 7) is 1.75. The van der Waals surface area contributed by atoms with Gasteiger partial charge in [-0.25, -0.2) is 8.42 Å². The molecule has 1 saturated heterocycles. The molecule has 0 aromatic heterocycles. The first kappa shape index (κ1) is 22.9. The molecule has 0 unspecified atom stereocenters. The highest BCUT2D eigenvalue weighted by atomic mass is 32.2. The predicted molar refractivity (Wildman–Crippen MR) is 122 cm³/mol. The molecule has 2 aromatic rings. The van der Waals surface area contributed by atoms with Gasteiger partial charge >= 0.3 is 0 Å². The number of hydrogen-bond donors (Lipinski definition) is 2. The highest BCUT2D eigenvalue weighted by Crippen LogP contribution is 2.29. The van der Waals surface area contributed by atoms with Crippen LogP contribution in [0, 0.1) is 5.92 Å². The van der Waals surface area contributed by atoms with E-state index in [1.54, 1.807) is 49.8 Å². The Labute approximate surface area is 184 Å². The fraction of sp³-hybridized carbons (Fsp3) is 0.409. The van der Waals surface area contributed by atoms with E-state index in [-0.39, 0.29) is 0 Å². The monoisotopic (exact) mass is 446 g/mol. The van der Waals surface area contributed by atoms with Gasteiger partial charge in [-0.1, -0.05) is 18.2 Å². The Hall–Kier alpha value is -2.78. The molecule has 1 heterocycles. The number of sulfonamides is 1. The highest BCUT2D eigenvalue weighted by Gasteiger charge is 2.29. The zero-order valence-corrected chi connectivity index (χ0v) is 19.0. The average Bonchev–Trinajstić information content (AvgIpc) is 2.82. The van der Waals surface area contributed by atoms with Gasteiger partial charge in [0.1, 0.15) is 0 Å². The van der Waals surface area contributed by atoms with Crippen LogP contribution in [0.5, 0.6) is 11.5 Å². The molecule has 1 aliphatic heterocycles. The Morgan fingerprint density at radius 1 is 1.06 bits per heavy atom. The van der Waals surface area contributed by atoms with Crippen LogP contribution in [-0.2, 0) is 10.0 Å². The Morgan fingerprint density at radius 3 is 2.35 bits per heavy atom. The van der Waals surface area contributed by atoms with Gasteiger partial charge in [0.15, 0.2) is 17.5 Å². The first-order valence-corrected chi connectivity index (χ1v) is 11.7. The number of methoxy groups -OCH3 is 2. The number of rotatable bonds is 7. The van der Waals surface area contributed by atoms with E-state index < -0.39 is 10.0 Å². The van der Waals surface area contributed by atoms with Crippen molar-refractivity contribution in [3.8, 4) is 11.5 Å². The third-order valence-corrected chi connectivity index (χ3v) is 7.30. The molecule has 168 valence electrons. The lowest BCUT2D eigenvalue weighted by Gasteiger charge is -2.31. The van der Waals surface area contributed by atoms with Crippen molar-refractivity contribution in [2.75, 3.05) is 46.2 Å². The van der Waals surface area contributed by atoms with E-state index in [4.69, 9.17) is 9.47 Å². The number of hydrogen-bond acceptors (Lipinski definition) is 5. The molecule has 0 saturated carbocycles. The molecule has 1 aliphatic rings. The molecule has 8 nitrogen and oxygen atoms in total. The largest absolute Gasteiger partial charge is 0.493 e. The second kappa shape index (κ2) is 10.5. The van der Waals surface area contributed by atoms with Crippen molar-refractivity contribution >= 4 is 21.7 Å². The summed E-state index contributed by atoms with van der Waals surface area (Å²) >= 11 is 0. The molecular weight excluding hydrogens is 416 g/mol. The molecular formula is C22H30N4O4S. The summed E-state index contributed by atoms with van der Waals surface area (Å²) in [7, 11) is 1.49. The van der Waals surface area contributed by atoms with Gasteiger partial charge in [-0.15, -0.1) is 0 Å². The summed E-state index contributed by atoms with van der Waals surface area (Å²) in [5.74, 6) is 2.31. The Balaban J connectivity index is 1.51. The van der Waals surface area contributed by atoms with Crippen molar-refractivity contribution in [1.82, 2.24) is 9.62 Å². The first-order valence-electron chi connectivity index (χ1n) is 10.2. The molecule has 0 radical (unpaired) electrons. The zero-order valence-electron chi connectivity index (χ0n) is 18.2. The predicted octanol–water partition coefficient (Wildman–Crippen LogP) is 2.79. The lowest BCUT2D eigenvalue weighted by atomic mass is 9.98. The molecule has 0 amide bonds. The number of guanidine groups is 1. The van der Waals surface area contributed by atoms with Gasteiger partial charge < -0.3 is 20.1 Å². The molecule has 3 rings (SSSR count). The molecule has 0 atom stereocenters. The summed E-state index contributed by atoms with van der Waals surface area (Å²) in [5, 5.41) is 6.58. The van der Waals surface area contributed by atoms with E-state index in [9.17, 15) is 8.42 Å². The number of aliphatic imine (C=N–C) groups is 1. The van der Waals surface area contributed by atoms with Crippen molar-refractivity contribution in [2.24, 2.45) is 10.9 Å². The normalized spacial score (nSPS) is 16.0. The maximum atomic E-state index is 12.8. The molecule has 2 aromatic carbocycles. The Morgan fingerprint density at radius 2 is 1.74 bits per heavy atom. The van der Waals surface area contributed by atoms with Gasteiger partial charge in [0, 0.05) is 38.4 Å². The average molecular weight is 447 g/mol. The second-order valence-electron chi connectivity index (χ2n) is 7.31. The number of anilines is 1. The van der Waals surface area contributed by atoms with Crippen LogP contribution in [0.15, 0.2) is 58.4 Å². The van der Waals surface area contributed by atoms with Crippen LogP contribution in [0.3, 0.4) is 0 Å². The molecule has 31 heavy (non-hydrogen) atoms. The number of benzene rings is 2. The Bertz CT molecular complexity index is 988. The molecule has 0 spiro atoms. The maximum absolute atomic E-state index is 12.8. The summed E-state index contributed by atoms with van der Waals surface area (Å²) in [5.41, 5.74) is 0.828. The van der Waals surface area contributed by atoms with E-state index in [1.165, 1.54) is 0 Å². The number of nitrogens with zero attached hydrogens (tertiary/aromatic N) is 2. The SMILES string of the molecule is CN=C(NCC1CCN(S(=O)(=O)c2ccccc2)CC1)Nc1ccc(OC)c(OC)c1. The second-order valence-corrected chi connectivity index (χ2v) is 9.25. The van der Waals surface area contributed by atoms with Crippen molar-refractivity contribution in [1.29, 1.82) is 0 Å². The minimum Gasteiger partial charge on any atom is -0.493 e. The molecule has 0 aliphatic carbocycles. The summed E-state index contributed by atoms with van der Waals surface area (Å²) in [6, 6.07) is 14.2. The van der Waals surface area contributed by atoms with Crippen LogP contribution < -0.4 is 20.1 Å².